The fourth-order valence-corrected chi connectivity index (χ4v) is 5.71. The van der Waals surface area contributed by atoms with Crippen LogP contribution in [-0.2, 0) is 26.0 Å². The van der Waals surface area contributed by atoms with E-state index in [-0.39, 0.29) is 15.4 Å². The molecule has 0 bridgehead atoms. The molecule has 0 N–H and O–H groups in total. The molecule has 43 heavy (non-hydrogen) atoms. The number of ketones is 1. The minimum absolute atomic E-state index is 0.0278. The molecule has 0 spiro atoms. The largest absolute Gasteiger partial charge is 0.443 e. The number of carbonyl (C=O) groups excluding carboxylic acids is 3. The van der Waals surface area contributed by atoms with Crippen molar-refractivity contribution in [2.24, 2.45) is 0 Å². The number of rotatable bonds is 7. The number of aromatic nitrogens is 1. The first-order valence-corrected chi connectivity index (χ1v) is 15.1. The molecule has 2 aromatic carbocycles. The highest BCUT2D eigenvalue weighted by Crippen LogP contribution is 2.33. The Bertz CT molecular complexity index is 1630. The predicted molar refractivity (Wildman–Crippen MR) is 153 cm³/mol. The average Bonchev–Trinajstić information content (AvgIpc) is 3.33. The zero-order chi connectivity index (χ0) is 32.5. The number of benzene rings is 2. The lowest BCUT2D eigenvalue weighted by molar-refractivity contribution is 0.0573. The predicted octanol–water partition coefficient (Wildman–Crippen LogP) is 6.84. The van der Waals surface area contributed by atoms with E-state index >= 15 is 8.78 Å². The summed E-state index contributed by atoms with van der Waals surface area (Å²) in [4.78, 5) is 41.2. The highest BCUT2D eigenvalue weighted by Gasteiger charge is 2.40. The second-order valence-corrected chi connectivity index (χ2v) is 13.7. The van der Waals surface area contributed by atoms with E-state index in [1.807, 2.05) is 0 Å². The van der Waals surface area contributed by atoms with Crippen LogP contribution in [0.5, 0.6) is 0 Å². The van der Waals surface area contributed by atoms with Gasteiger partial charge in [0.25, 0.3) is 10.0 Å². The summed E-state index contributed by atoms with van der Waals surface area (Å²) in [6, 6.07) is 4.67. The topological polar surface area (TPSA) is 123 Å². The fraction of sp³-hybridized carbons (Fsp3) is 0.357. The van der Waals surface area contributed by atoms with Gasteiger partial charge in [0.05, 0.1) is 17.7 Å². The van der Waals surface area contributed by atoms with Gasteiger partial charge >= 0.3 is 12.2 Å². The van der Waals surface area contributed by atoms with Gasteiger partial charge in [-0.2, -0.15) is 0 Å². The first-order chi connectivity index (χ1) is 19.7. The van der Waals surface area contributed by atoms with Gasteiger partial charge in [-0.25, -0.2) is 36.2 Å². The highest BCUT2D eigenvalue weighted by molar-refractivity contribution is 7.93. The molecule has 0 saturated carbocycles. The fourth-order valence-electron chi connectivity index (χ4n) is 3.75. The van der Waals surface area contributed by atoms with Crippen molar-refractivity contribution in [2.45, 2.75) is 71.1 Å². The van der Waals surface area contributed by atoms with Crippen LogP contribution in [0.4, 0.5) is 34.3 Å². The summed E-state index contributed by atoms with van der Waals surface area (Å²) >= 11 is 0.917. The number of ether oxygens (including phenoxy) is 2. The van der Waals surface area contributed by atoms with Gasteiger partial charge in [0.2, 0.25) is 0 Å². The van der Waals surface area contributed by atoms with E-state index in [1.165, 1.54) is 66.1 Å². The highest BCUT2D eigenvalue weighted by atomic mass is 32.2. The zero-order valence-electron chi connectivity index (χ0n) is 24.4. The molecule has 3 aromatic rings. The Labute approximate surface area is 251 Å². The molecule has 1 heterocycles. The van der Waals surface area contributed by atoms with Crippen LogP contribution in [0.1, 0.15) is 64.4 Å². The lowest BCUT2D eigenvalue weighted by atomic mass is 10.0. The Hall–Kier alpha value is -3.98. The van der Waals surface area contributed by atoms with Crippen molar-refractivity contribution in [3.8, 4) is 0 Å². The van der Waals surface area contributed by atoms with Gasteiger partial charge in [0.1, 0.15) is 28.7 Å². The van der Waals surface area contributed by atoms with Gasteiger partial charge < -0.3 is 9.47 Å². The number of halogens is 3. The average molecular weight is 642 g/mol. The van der Waals surface area contributed by atoms with Crippen LogP contribution in [-0.4, -0.2) is 42.6 Å². The lowest BCUT2D eigenvalue weighted by Crippen LogP contribution is -2.42. The van der Waals surface area contributed by atoms with Crippen molar-refractivity contribution in [3.63, 3.8) is 0 Å². The molecule has 0 unspecified atom stereocenters. The Morgan fingerprint density at radius 2 is 1.47 bits per heavy atom. The molecule has 0 aliphatic rings. The molecule has 10 nitrogen and oxygen atoms in total. The summed E-state index contributed by atoms with van der Waals surface area (Å²) in [7, 11) is -5.32. The third-order valence-electron chi connectivity index (χ3n) is 5.41. The third-order valence-corrected chi connectivity index (χ3v) is 7.70. The van der Waals surface area contributed by atoms with E-state index in [4.69, 9.17) is 9.47 Å². The van der Waals surface area contributed by atoms with Gasteiger partial charge in [-0.05, 0) is 66.7 Å². The quantitative estimate of drug-likeness (QED) is 0.257. The molecule has 0 radical (unpaired) electrons. The second kappa shape index (κ2) is 12.3. The van der Waals surface area contributed by atoms with E-state index in [9.17, 15) is 27.2 Å². The smallest absolute Gasteiger partial charge is 0.430 e. The minimum Gasteiger partial charge on any atom is -0.443 e. The Morgan fingerprint density at radius 1 is 0.907 bits per heavy atom. The van der Waals surface area contributed by atoms with E-state index < -0.39 is 79.6 Å². The maximum atomic E-state index is 15.7. The van der Waals surface area contributed by atoms with Crippen molar-refractivity contribution in [1.82, 2.24) is 4.98 Å². The molecule has 0 atom stereocenters. The van der Waals surface area contributed by atoms with E-state index in [1.54, 1.807) is 0 Å². The first-order valence-electron chi connectivity index (χ1n) is 12.7. The summed E-state index contributed by atoms with van der Waals surface area (Å²) in [5.41, 5.74) is -1.99. The first kappa shape index (κ1) is 33.5. The van der Waals surface area contributed by atoms with Crippen LogP contribution in [0.2, 0.25) is 0 Å². The maximum Gasteiger partial charge on any atom is 0.430 e. The molecule has 1 aromatic heterocycles. The number of amides is 2. The molecule has 15 heteroatoms. The number of hydrogen-bond acceptors (Lipinski definition) is 9. The molecule has 232 valence electrons. The number of nitrogens with zero attached hydrogens (tertiary/aromatic N) is 3. The van der Waals surface area contributed by atoms with Crippen LogP contribution in [0.25, 0.3) is 0 Å². The van der Waals surface area contributed by atoms with Crippen molar-refractivity contribution >= 4 is 50.8 Å². The molecule has 2 amide bonds. The maximum absolute atomic E-state index is 15.7. The summed E-state index contributed by atoms with van der Waals surface area (Å²) in [5.74, 6) is -5.26. The molecule has 3 rings (SSSR count). The van der Waals surface area contributed by atoms with Crippen LogP contribution in [0, 0.1) is 17.5 Å². The summed E-state index contributed by atoms with van der Waals surface area (Å²) in [6.07, 6.45) is -2.63. The molecule has 0 aliphatic carbocycles. The van der Waals surface area contributed by atoms with Crippen LogP contribution < -0.4 is 9.21 Å². The van der Waals surface area contributed by atoms with Crippen molar-refractivity contribution in [1.29, 1.82) is 0 Å². The SMILES string of the molecule is CC(=O)c1cccc(F)c1CN(C(=O)OC(C)(C)C)c1cc(F)c(S(=O)(=O)N(C(=O)OC(C)(C)C)c2cscn2)c(F)c1. The van der Waals surface area contributed by atoms with Crippen molar-refractivity contribution in [2.75, 3.05) is 9.21 Å². The summed E-state index contributed by atoms with van der Waals surface area (Å²) in [5, 5.41) is 1.16. The third kappa shape index (κ3) is 7.90. The Morgan fingerprint density at radius 3 is 1.95 bits per heavy atom. The van der Waals surface area contributed by atoms with E-state index in [0.29, 0.717) is 17.0 Å². The molecular formula is C28H30F3N3O7S2. The van der Waals surface area contributed by atoms with E-state index in [2.05, 4.69) is 4.98 Å². The standard InChI is InChI=1S/C28H30F3N3O7S2/c1-16(35)18-9-8-10-20(29)19(18)13-33(25(36)40-27(2,3)4)17-11-21(30)24(22(31)12-17)43(38,39)34(23-14-42-15-32-23)26(37)41-28(5,6)7/h8-12,14-15H,13H2,1-7H3. The van der Waals surface area contributed by atoms with Crippen molar-refractivity contribution in [3.05, 3.63) is 69.8 Å². The molecule has 0 aliphatic heterocycles. The monoisotopic (exact) mass is 641 g/mol. The van der Waals surface area contributed by atoms with Gasteiger partial charge in [-0.1, -0.05) is 12.1 Å². The van der Waals surface area contributed by atoms with Crippen LogP contribution >= 0.6 is 11.3 Å². The number of hydrogen-bond donors (Lipinski definition) is 0. The number of sulfonamides is 1. The van der Waals surface area contributed by atoms with Gasteiger partial charge in [-0.3, -0.25) is 9.69 Å². The number of Topliss-reactive ketones (excluding diaryl/α,β-unsaturated/α-hetero) is 1. The number of thiazole rings is 1. The van der Waals surface area contributed by atoms with E-state index in [0.717, 1.165) is 22.8 Å². The number of anilines is 2. The molecule has 0 fully saturated rings. The van der Waals surface area contributed by atoms with Crippen LogP contribution in [0.15, 0.2) is 46.1 Å². The Balaban J connectivity index is 2.18. The molecular weight excluding hydrogens is 611 g/mol. The van der Waals surface area contributed by atoms with Crippen LogP contribution in [0.3, 0.4) is 0 Å². The van der Waals surface area contributed by atoms with Gasteiger partial charge in [0.15, 0.2) is 16.5 Å². The molecule has 0 saturated heterocycles. The van der Waals surface area contributed by atoms with Crippen molar-refractivity contribution < 1.29 is 45.4 Å². The Kier molecular flexibility index (Phi) is 9.61. The summed E-state index contributed by atoms with van der Waals surface area (Å²) in [6.45, 7) is 9.43. The summed E-state index contributed by atoms with van der Waals surface area (Å²) < 4.78 is 83.9. The second-order valence-electron chi connectivity index (χ2n) is 11.2. The van der Waals surface area contributed by atoms with Gasteiger partial charge in [-0.15, -0.1) is 15.6 Å². The zero-order valence-corrected chi connectivity index (χ0v) is 26.0. The van der Waals surface area contributed by atoms with Gasteiger partial charge in [0, 0.05) is 16.5 Å². The lowest BCUT2D eigenvalue weighted by Gasteiger charge is -2.29. The number of carbonyl (C=O) groups is 3. The normalized spacial score (nSPS) is 12.0. The minimum atomic E-state index is -5.32.